The molecule has 0 spiro atoms. The lowest BCUT2D eigenvalue weighted by Crippen LogP contribution is -2.25. The van der Waals surface area contributed by atoms with Crippen molar-refractivity contribution < 1.29 is 27.1 Å². The van der Waals surface area contributed by atoms with Crippen LogP contribution in [-0.4, -0.2) is 11.6 Å². The van der Waals surface area contributed by atoms with Crippen LogP contribution in [0.25, 0.3) is 0 Å². The number of nitrogens with zero attached hydrogens (tertiary/aromatic N) is 1. The molecule has 31 heavy (non-hydrogen) atoms. The second-order valence-electron chi connectivity index (χ2n) is 6.93. The van der Waals surface area contributed by atoms with Crippen molar-refractivity contribution in [3.8, 4) is 5.75 Å². The summed E-state index contributed by atoms with van der Waals surface area (Å²) in [6.07, 6.45) is -4.59. The number of halogens is 4. The highest BCUT2D eigenvalue weighted by Gasteiger charge is 2.30. The molecule has 1 amide bonds. The first kappa shape index (κ1) is 20.6. The highest BCUT2D eigenvalue weighted by molar-refractivity contribution is 6.05. The van der Waals surface area contributed by atoms with Crippen LogP contribution in [-0.2, 0) is 6.18 Å². The summed E-state index contributed by atoms with van der Waals surface area (Å²) in [7, 11) is 0. The lowest BCUT2D eigenvalue weighted by Gasteiger charge is -2.27. The van der Waals surface area contributed by atoms with Crippen LogP contribution in [0.5, 0.6) is 5.75 Å². The second-order valence-corrected chi connectivity index (χ2v) is 6.93. The maximum atomic E-state index is 13.3. The Labute approximate surface area is 175 Å². The summed E-state index contributed by atoms with van der Waals surface area (Å²) in [4.78, 5) is 12.4. The zero-order valence-electron chi connectivity index (χ0n) is 16.0. The molecule has 0 bridgehead atoms. The number of hydrazone groups is 1. The molecule has 0 aromatic heterocycles. The van der Waals surface area contributed by atoms with Crippen molar-refractivity contribution in [2.75, 3.05) is 0 Å². The van der Waals surface area contributed by atoms with E-state index in [-0.39, 0.29) is 11.4 Å². The number of amides is 1. The minimum atomic E-state index is -4.48. The van der Waals surface area contributed by atoms with E-state index in [1.807, 2.05) is 0 Å². The molecule has 4 nitrogen and oxygen atoms in total. The number of benzene rings is 3. The first-order valence-electron chi connectivity index (χ1n) is 9.37. The summed E-state index contributed by atoms with van der Waals surface area (Å²) < 4.78 is 57.3. The number of hydrogen-bond donors (Lipinski definition) is 1. The molecule has 0 saturated carbocycles. The first-order valence-corrected chi connectivity index (χ1v) is 9.37. The summed E-state index contributed by atoms with van der Waals surface area (Å²) >= 11 is 0. The van der Waals surface area contributed by atoms with Crippen LogP contribution in [0.2, 0.25) is 0 Å². The Morgan fingerprint density at radius 3 is 2.32 bits per heavy atom. The van der Waals surface area contributed by atoms with Crippen LogP contribution in [0.1, 0.15) is 39.6 Å². The quantitative estimate of drug-likeness (QED) is 0.442. The van der Waals surface area contributed by atoms with Crippen molar-refractivity contribution in [3.63, 3.8) is 0 Å². The van der Waals surface area contributed by atoms with Crippen molar-refractivity contribution in [3.05, 3.63) is 101 Å². The van der Waals surface area contributed by atoms with E-state index in [0.29, 0.717) is 23.4 Å². The van der Waals surface area contributed by atoms with E-state index < -0.39 is 23.8 Å². The summed E-state index contributed by atoms with van der Waals surface area (Å²) in [6.45, 7) is 0. The van der Waals surface area contributed by atoms with Gasteiger partial charge in [0, 0.05) is 17.5 Å². The molecule has 1 atom stereocenters. The van der Waals surface area contributed by atoms with Gasteiger partial charge in [0.15, 0.2) is 0 Å². The maximum absolute atomic E-state index is 13.3. The van der Waals surface area contributed by atoms with E-state index in [2.05, 4.69) is 10.5 Å². The van der Waals surface area contributed by atoms with Crippen LogP contribution in [0, 0.1) is 5.82 Å². The zero-order valence-corrected chi connectivity index (χ0v) is 16.0. The molecule has 1 N–H and O–H groups in total. The summed E-state index contributed by atoms with van der Waals surface area (Å²) in [5, 5.41) is 4.21. The second kappa shape index (κ2) is 8.22. The predicted molar refractivity (Wildman–Crippen MR) is 106 cm³/mol. The molecular formula is C23H16F4N2O2. The lowest BCUT2D eigenvalue weighted by molar-refractivity contribution is -0.137. The molecule has 1 aliphatic rings. The Hall–Kier alpha value is -3.68. The van der Waals surface area contributed by atoms with Gasteiger partial charge < -0.3 is 4.74 Å². The molecule has 3 aromatic carbocycles. The van der Waals surface area contributed by atoms with E-state index >= 15 is 0 Å². The van der Waals surface area contributed by atoms with Crippen molar-refractivity contribution >= 4 is 11.6 Å². The van der Waals surface area contributed by atoms with Gasteiger partial charge in [0.05, 0.1) is 11.3 Å². The topological polar surface area (TPSA) is 50.7 Å². The molecule has 0 saturated heterocycles. The van der Waals surface area contributed by atoms with Gasteiger partial charge in [-0.25, -0.2) is 9.82 Å². The SMILES string of the molecule is O=C(N/N=C1\CC(c2ccc(F)cc2)Oc2ccccc21)c1ccc(C(F)(F)F)cc1. The van der Waals surface area contributed by atoms with Gasteiger partial charge in [-0.3, -0.25) is 4.79 Å². The van der Waals surface area contributed by atoms with Gasteiger partial charge in [0.25, 0.3) is 5.91 Å². The van der Waals surface area contributed by atoms with Crippen LogP contribution in [0.3, 0.4) is 0 Å². The van der Waals surface area contributed by atoms with E-state index in [1.54, 1.807) is 36.4 Å². The molecule has 1 unspecified atom stereocenters. The molecular weight excluding hydrogens is 412 g/mol. The normalized spacial score (nSPS) is 17.0. The number of nitrogens with one attached hydrogen (secondary N) is 1. The van der Waals surface area contributed by atoms with Gasteiger partial charge in [-0.15, -0.1) is 0 Å². The number of ether oxygens (including phenoxy) is 1. The van der Waals surface area contributed by atoms with Crippen LogP contribution >= 0.6 is 0 Å². The zero-order chi connectivity index (χ0) is 22.0. The Morgan fingerprint density at radius 1 is 0.968 bits per heavy atom. The third-order valence-corrected chi connectivity index (χ3v) is 4.85. The predicted octanol–water partition coefficient (Wildman–Crippen LogP) is 5.50. The van der Waals surface area contributed by atoms with E-state index in [0.717, 1.165) is 29.8 Å². The summed E-state index contributed by atoms with van der Waals surface area (Å²) in [6, 6.07) is 16.9. The molecule has 158 valence electrons. The van der Waals surface area contributed by atoms with Gasteiger partial charge in [0.1, 0.15) is 17.7 Å². The Morgan fingerprint density at radius 2 is 1.65 bits per heavy atom. The third-order valence-electron chi connectivity index (χ3n) is 4.85. The molecule has 8 heteroatoms. The van der Waals surface area contributed by atoms with Crippen LogP contribution in [0.4, 0.5) is 17.6 Å². The monoisotopic (exact) mass is 428 g/mol. The number of alkyl halides is 3. The van der Waals surface area contributed by atoms with E-state index in [4.69, 9.17) is 4.74 Å². The molecule has 0 fully saturated rings. The van der Waals surface area contributed by atoms with Gasteiger partial charge >= 0.3 is 6.18 Å². The van der Waals surface area contributed by atoms with Crippen molar-refractivity contribution in [2.45, 2.75) is 18.7 Å². The minimum absolute atomic E-state index is 0.0489. The highest BCUT2D eigenvalue weighted by Crippen LogP contribution is 2.35. The standard InChI is InChI=1S/C23H16F4N2O2/c24-17-11-7-14(8-12-17)21-13-19(18-3-1-2-4-20(18)31-21)28-29-22(30)15-5-9-16(10-6-15)23(25,26)27/h1-12,21H,13H2,(H,29,30)/b28-19+. The average molecular weight is 428 g/mol. The number of hydrogen-bond acceptors (Lipinski definition) is 3. The van der Waals surface area contributed by atoms with Gasteiger partial charge in [0.2, 0.25) is 0 Å². The van der Waals surface area contributed by atoms with E-state index in [1.165, 1.54) is 12.1 Å². The highest BCUT2D eigenvalue weighted by atomic mass is 19.4. The fraction of sp³-hybridized carbons (Fsp3) is 0.130. The van der Waals surface area contributed by atoms with Crippen molar-refractivity contribution in [1.29, 1.82) is 0 Å². The maximum Gasteiger partial charge on any atom is 0.416 e. The van der Waals surface area contributed by atoms with Crippen molar-refractivity contribution in [1.82, 2.24) is 5.43 Å². The van der Waals surface area contributed by atoms with Gasteiger partial charge in [-0.05, 0) is 54.1 Å². The molecule has 3 aromatic rings. The smallest absolute Gasteiger partial charge is 0.416 e. The van der Waals surface area contributed by atoms with E-state index in [9.17, 15) is 22.4 Å². The number of rotatable bonds is 3. The third kappa shape index (κ3) is 4.58. The van der Waals surface area contributed by atoms with Gasteiger partial charge in [-0.1, -0.05) is 24.3 Å². The summed E-state index contributed by atoms with van der Waals surface area (Å²) in [5.41, 5.74) is 3.59. The Bertz CT molecular complexity index is 1120. The number of para-hydroxylation sites is 1. The molecule has 1 aliphatic heterocycles. The van der Waals surface area contributed by atoms with Crippen LogP contribution < -0.4 is 10.2 Å². The first-order chi connectivity index (χ1) is 14.8. The molecule has 0 radical (unpaired) electrons. The lowest BCUT2D eigenvalue weighted by atomic mass is 9.95. The Kier molecular flexibility index (Phi) is 5.46. The van der Waals surface area contributed by atoms with Crippen LogP contribution in [0.15, 0.2) is 77.9 Å². The number of fused-ring (bicyclic) bond motifs is 1. The fourth-order valence-electron chi connectivity index (χ4n) is 3.25. The molecule has 1 heterocycles. The number of carbonyl (C=O) groups excluding carboxylic acids is 1. The average Bonchev–Trinajstić information content (AvgIpc) is 2.77. The number of carbonyl (C=O) groups is 1. The fourth-order valence-corrected chi connectivity index (χ4v) is 3.25. The Balaban J connectivity index is 1.56. The molecule has 4 rings (SSSR count). The largest absolute Gasteiger partial charge is 0.485 e. The minimum Gasteiger partial charge on any atom is -0.485 e. The molecule has 0 aliphatic carbocycles. The summed E-state index contributed by atoms with van der Waals surface area (Å²) in [5.74, 6) is -0.438. The van der Waals surface area contributed by atoms with Crippen molar-refractivity contribution in [2.24, 2.45) is 5.10 Å². The van der Waals surface area contributed by atoms with Gasteiger partial charge in [-0.2, -0.15) is 18.3 Å².